The summed E-state index contributed by atoms with van der Waals surface area (Å²) in [4.78, 5) is 44.5. The number of carbonyl (C=O) groups excluding carboxylic acids is 1. The third-order valence-electron chi connectivity index (χ3n) is 15.7. The van der Waals surface area contributed by atoms with E-state index in [1.54, 1.807) is 36.2 Å². The van der Waals surface area contributed by atoms with E-state index in [1.807, 2.05) is 12.1 Å². The Morgan fingerprint density at radius 2 is 1.69 bits per heavy atom. The van der Waals surface area contributed by atoms with Crippen LogP contribution in [-0.4, -0.2) is 95.9 Å². The zero-order valence-electron chi connectivity index (χ0n) is 38.9. The van der Waals surface area contributed by atoms with E-state index in [0.717, 1.165) is 101 Å². The molecule has 5 aromatic rings. The molecule has 3 aliphatic carbocycles. The van der Waals surface area contributed by atoms with Crippen molar-refractivity contribution in [3.05, 3.63) is 106 Å². The van der Waals surface area contributed by atoms with Crippen LogP contribution in [0.15, 0.2) is 84.1 Å². The van der Waals surface area contributed by atoms with Gasteiger partial charge < -0.3 is 24.8 Å². The van der Waals surface area contributed by atoms with E-state index in [-0.39, 0.29) is 22.5 Å². The highest BCUT2D eigenvalue weighted by molar-refractivity contribution is 7.90. The Balaban J connectivity index is 0.836. The maximum atomic E-state index is 14.0. The Labute approximate surface area is 393 Å². The summed E-state index contributed by atoms with van der Waals surface area (Å²) in [7, 11) is -4.60. The second-order valence-corrected chi connectivity index (χ2v) is 22.4. The first-order valence-electron chi connectivity index (χ1n) is 24.3. The lowest BCUT2D eigenvalue weighted by Gasteiger charge is -2.58. The number of ether oxygens (including phenoxy) is 1. The number of hydrogen-bond acceptors (Lipinski definition) is 12. The van der Waals surface area contributed by atoms with Crippen molar-refractivity contribution in [3.8, 4) is 11.5 Å². The molecule has 0 bridgehead atoms. The summed E-state index contributed by atoms with van der Waals surface area (Å²) in [5, 5.41) is 16.1. The van der Waals surface area contributed by atoms with Gasteiger partial charge in [-0.1, -0.05) is 45.0 Å². The maximum Gasteiger partial charge on any atom is 0.312 e. The lowest BCUT2D eigenvalue weighted by Crippen LogP contribution is -2.60. The third kappa shape index (κ3) is 9.62. The van der Waals surface area contributed by atoms with Gasteiger partial charge in [0.2, 0.25) is 5.82 Å². The average Bonchev–Trinajstić information content (AvgIpc) is 4.06. The summed E-state index contributed by atoms with van der Waals surface area (Å²) in [6.45, 7) is 13.3. The number of carbonyl (C=O) groups is 1. The summed E-state index contributed by atoms with van der Waals surface area (Å²) in [6.07, 6.45) is 15.6. The van der Waals surface area contributed by atoms with Crippen LogP contribution in [-0.2, 0) is 10.0 Å². The lowest BCUT2D eigenvalue weighted by atomic mass is 9.59. The Kier molecular flexibility index (Phi) is 12.2. The fraction of sp³-hybridized carbons (Fsp3) is 0.510. The molecule has 10 rings (SSSR count). The predicted octanol–water partition coefficient (Wildman–Crippen LogP) is 9.41. The van der Waals surface area contributed by atoms with Gasteiger partial charge in [-0.15, -0.1) is 0 Å². The van der Waals surface area contributed by atoms with Gasteiger partial charge >= 0.3 is 5.69 Å². The van der Waals surface area contributed by atoms with Crippen LogP contribution < -0.4 is 19.7 Å². The second kappa shape index (κ2) is 18.1. The van der Waals surface area contributed by atoms with Gasteiger partial charge in [0.1, 0.15) is 22.0 Å². The molecule has 5 fully saturated rings. The number of H-pyrrole nitrogens is 1. The van der Waals surface area contributed by atoms with Crippen LogP contribution in [0.4, 0.5) is 17.2 Å². The van der Waals surface area contributed by atoms with Crippen molar-refractivity contribution in [2.75, 3.05) is 56.0 Å². The minimum absolute atomic E-state index is 0.00968. The Bertz CT molecular complexity index is 2750. The molecule has 1 amide bonds. The maximum absolute atomic E-state index is 14.0. The molecule has 3 N–H and O–H groups in total. The molecule has 15 nitrogen and oxygen atoms in total. The number of aromatic nitrogens is 3. The summed E-state index contributed by atoms with van der Waals surface area (Å²) in [6, 6.07) is 20.0. The fourth-order valence-corrected chi connectivity index (χ4v) is 12.3. The molecule has 354 valence electrons. The van der Waals surface area contributed by atoms with E-state index in [9.17, 15) is 23.3 Å². The standard InChI is InChI=1S/C51H63N9O6S/c1-4-57-23-24-59(45(33-57)42-8-6-5-7-41(42)35-9-10-35)38-28-51(29-38)18-21-58(22-19-51)37-11-12-43(46(26-37)66-39-25-36-15-20-52-47(36)54-31-39)49(61)56-67(64,65)40-27-44(60(62)63)48(55-32-40)53-30-34-13-16-50(2,3)17-14-34/h5-8,11-12,15,20,25-27,31-32,34-35,38,45H,4,9-10,13-14,16-19,21-24,28-30,33H2,1-3H3,(H,52,54)(H,53,55)(H,56,61)/t45-/m0/s1. The van der Waals surface area contributed by atoms with Gasteiger partial charge in [0, 0.05) is 80.8 Å². The van der Waals surface area contributed by atoms with Crippen molar-refractivity contribution in [2.24, 2.45) is 16.7 Å². The number of rotatable bonds is 14. The number of aromatic amines is 1. The molecule has 67 heavy (non-hydrogen) atoms. The summed E-state index contributed by atoms with van der Waals surface area (Å²) < 4.78 is 36.0. The highest BCUT2D eigenvalue weighted by Gasteiger charge is 2.50. The Morgan fingerprint density at radius 3 is 2.42 bits per heavy atom. The molecule has 16 heteroatoms. The highest BCUT2D eigenvalue weighted by atomic mass is 32.2. The molecule has 5 heterocycles. The van der Waals surface area contributed by atoms with Gasteiger partial charge in [0.25, 0.3) is 15.9 Å². The lowest BCUT2D eigenvalue weighted by molar-refractivity contribution is -0.384. The number of fused-ring (bicyclic) bond motifs is 1. The first kappa shape index (κ1) is 45.2. The van der Waals surface area contributed by atoms with Crippen molar-refractivity contribution in [1.29, 1.82) is 0 Å². The minimum atomic E-state index is -4.60. The first-order valence-corrected chi connectivity index (χ1v) is 25.8. The number of piperidine rings is 1. The highest BCUT2D eigenvalue weighted by Crippen LogP contribution is 2.54. The number of benzene rings is 2. The number of nitro groups is 1. The molecule has 2 aliphatic heterocycles. The molecule has 1 atom stereocenters. The van der Waals surface area contributed by atoms with E-state index < -0.39 is 31.4 Å². The predicted molar refractivity (Wildman–Crippen MR) is 259 cm³/mol. The molecular weight excluding hydrogens is 867 g/mol. The van der Waals surface area contributed by atoms with Crippen LogP contribution in [0.3, 0.4) is 0 Å². The zero-order chi connectivity index (χ0) is 46.5. The summed E-state index contributed by atoms with van der Waals surface area (Å²) >= 11 is 0. The van der Waals surface area contributed by atoms with Crippen LogP contribution in [0.5, 0.6) is 11.5 Å². The Hall–Kier alpha value is -5.58. The van der Waals surface area contributed by atoms with Crippen molar-refractivity contribution < 1.29 is 22.9 Å². The Morgan fingerprint density at radius 1 is 0.925 bits per heavy atom. The minimum Gasteiger partial charge on any atom is -0.455 e. The van der Waals surface area contributed by atoms with E-state index in [4.69, 9.17) is 4.74 Å². The van der Waals surface area contributed by atoms with E-state index in [0.29, 0.717) is 47.3 Å². The number of hydrogen-bond donors (Lipinski definition) is 3. The largest absolute Gasteiger partial charge is 0.455 e. The van der Waals surface area contributed by atoms with E-state index >= 15 is 0 Å². The first-order chi connectivity index (χ1) is 32.2. The number of sulfonamides is 1. The quantitative estimate of drug-likeness (QED) is 0.0711. The molecular formula is C51H63N9O6S. The van der Waals surface area contributed by atoms with Gasteiger partial charge in [0.15, 0.2) is 0 Å². The normalized spacial score (nSPS) is 21.5. The van der Waals surface area contributed by atoms with Crippen LogP contribution in [0.25, 0.3) is 11.0 Å². The van der Waals surface area contributed by atoms with Gasteiger partial charge in [0.05, 0.1) is 22.9 Å². The van der Waals surface area contributed by atoms with Crippen molar-refractivity contribution in [3.63, 3.8) is 0 Å². The number of anilines is 2. The summed E-state index contributed by atoms with van der Waals surface area (Å²) in [5.74, 6) is 0.616. The number of pyridine rings is 2. The van der Waals surface area contributed by atoms with Crippen LogP contribution in [0.2, 0.25) is 0 Å². The molecule has 3 saturated carbocycles. The topological polar surface area (TPSA) is 179 Å². The fourth-order valence-electron chi connectivity index (χ4n) is 11.3. The van der Waals surface area contributed by atoms with Gasteiger partial charge in [-0.3, -0.25) is 19.8 Å². The van der Waals surface area contributed by atoms with E-state index in [1.165, 1.54) is 31.2 Å². The number of nitrogens with zero attached hydrogens (tertiary/aromatic N) is 6. The average molecular weight is 930 g/mol. The van der Waals surface area contributed by atoms with E-state index in [2.05, 4.69) is 84.7 Å². The van der Waals surface area contributed by atoms with Gasteiger partial charge in [-0.25, -0.2) is 23.1 Å². The van der Waals surface area contributed by atoms with Crippen molar-refractivity contribution >= 4 is 44.2 Å². The number of amides is 1. The molecule has 5 aliphatic rings. The monoisotopic (exact) mass is 929 g/mol. The molecule has 1 spiro atoms. The smallest absolute Gasteiger partial charge is 0.312 e. The van der Waals surface area contributed by atoms with Crippen LogP contribution in [0.1, 0.15) is 118 Å². The molecule has 2 saturated heterocycles. The molecule has 0 radical (unpaired) electrons. The second-order valence-electron chi connectivity index (χ2n) is 20.7. The summed E-state index contributed by atoms with van der Waals surface area (Å²) in [5.41, 5.74) is 4.70. The van der Waals surface area contributed by atoms with Crippen LogP contribution in [0, 0.1) is 26.9 Å². The van der Waals surface area contributed by atoms with Crippen molar-refractivity contribution in [2.45, 2.75) is 108 Å². The SMILES string of the molecule is CCN1CCN(C2CC3(CCN(c4ccc(C(=O)NS(=O)(=O)c5cnc(NCC6CCC(C)(C)CC6)c([N+](=O)[O-])c5)c(Oc5cnc6[nH]ccc6c5)c4)CC3)C2)[C@H](c2ccccc2C2CC2)C1. The number of nitrogens with one attached hydrogen (secondary N) is 3. The third-order valence-corrected chi connectivity index (χ3v) is 17.0. The van der Waals surface area contributed by atoms with Crippen LogP contribution >= 0.6 is 0 Å². The number of piperazine rings is 1. The molecule has 0 unspecified atom stereocenters. The molecule has 2 aromatic carbocycles. The molecule has 3 aromatic heterocycles. The van der Waals surface area contributed by atoms with Gasteiger partial charge in [-0.05, 0) is 129 Å². The zero-order valence-corrected chi connectivity index (χ0v) is 39.7. The number of likely N-dealkylation sites (N-methyl/N-ethyl adjacent to an activating group) is 1. The van der Waals surface area contributed by atoms with Crippen molar-refractivity contribution in [1.82, 2.24) is 29.5 Å². The van der Waals surface area contributed by atoms with Gasteiger partial charge in [-0.2, -0.15) is 0 Å².